The maximum atomic E-state index is 5.71. The maximum absolute atomic E-state index is 5.71. The van der Waals surface area contributed by atoms with Gasteiger partial charge in [-0.05, 0) is 31.7 Å². The first-order chi connectivity index (χ1) is 13.8. The van der Waals surface area contributed by atoms with Gasteiger partial charge in [0, 0.05) is 30.8 Å². The average Bonchev–Trinajstić information content (AvgIpc) is 3.38. The number of methoxy groups -OCH3 is 1. The van der Waals surface area contributed by atoms with E-state index in [0.29, 0.717) is 24.4 Å². The number of hydrogen-bond acceptors (Lipinski definition) is 7. The molecule has 1 saturated heterocycles. The first kappa shape index (κ1) is 17.3. The molecule has 146 valence electrons. The molecule has 1 aliphatic carbocycles. The van der Waals surface area contributed by atoms with Crippen LogP contribution in [0.3, 0.4) is 0 Å². The van der Waals surface area contributed by atoms with Crippen LogP contribution in [0.15, 0.2) is 31.0 Å². The average molecular weight is 381 g/mol. The lowest BCUT2D eigenvalue weighted by Crippen LogP contribution is -2.30. The van der Waals surface area contributed by atoms with E-state index in [9.17, 15) is 0 Å². The van der Waals surface area contributed by atoms with Gasteiger partial charge in [-0.25, -0.2) is 9.67 Å². The molecule has 1 atom stereocenters. The van der Waals surface area contributed by atoms with Gasteiger partial charge in [0.15, 0.2) is 5.82 Å². The minimum Gasteiger partial charge on any atom is -0.497 e. The second kappa shape index (κ2) is 7.31. The second-order valence-electron chi connectivity index (χ2n) is 7.42. The Kier molecular flexibility index (Phi) is 4.52. The van der Waals surface area contributed by atoms with Crippen LogP contribution in [-0.2, 0) is 4.74 Å². The monoisotopic (exact) mass is 381 g/mol. The summed E-state index contributed by atoms with van der Waals surface area (Å²) in [5, 5.41) is 12.7. The van der Waals surface area contributed by atoms with Gasteiger partial charge in [-0.1, -0.05) is 0 Å². The van der Waals surface area contributed by atoms with Crippen molar-refractivity contribution in [2.45, 2.75) is 43.7 Å². The predicted octanol–water partition coefficient (Wildman–Crippen LogP) is 2.41. The Morgan fingerprint density at radius 1 is 1.18 bits per heavy atom. The molecule has 1 saturated carbocycles. The molecule has 2 fully saturated rings. The SMILES string of the molecule is COc1ccnc(-c2nc(C3CC(n4cnnc4)C3)n(C3CCCOC3)n2)c1. The molecule has 0 N–H and O–H groups in total. The molecule has 9 heteroatoms. The van der Waals surface area contributed by atoms with Crippen LogP contribution < -0.4 is 4.74 Å². The van der Waals surface area contributed by atoms with Crippen molar-refractivity contribution >= 4 is 0 Å². The Morgan fingerprint density at radius 3 is 2.79 bits per heavy atom. The van der Waals surface area contributed by atoms with Crippen LogP contribution in [-0.4, -0.2) is 54.8 Å². The molecule has 0 radical (unpaired) electrons. The lowest BCUT2D eigenvalue weighted by molar-refractivity contribution is 0.0521. The zero-order valence-corrected chi connectivity index (χ0v) is 15.8. The van der Waals surface area contributed by atoms with E-state index in [1.807, 2.05) is 12.1 Å². The lowest BCUT2D eigenvalue weighted by atomic mass is 9.79. The fourth-order valence-corrected chi connectivity index (χ4v) is 4.01. The summed E-state index contributed by atoms with van der Waals surface area (Å²) in [6.07, 6.45) is 9.42. The third kappa shape index (κ3) is 3.15. The number of hydrogen-bond donors (Lipinski definition) is 0. The molecule has 0 aromatic carbocycles. The molecule has 2 aliphatic rings. The lowest BCUT2D eigenvalue weighted by Gasteiger charge is -2.36. The molecule has 3 aromatic rings. The van der Waals surface area contributed by atoms with Gasteiger partial charge in [-0.15, -0.1) is 15.3 Å². The highest BCUT2D eigenvalue weighted by atomic mass is 16.5. The van der Waals surface area contributed by atoms with E-state index in [1.165, 1.54) is 0 Å². The highest BCUT2D eigenvalue weighted by Crippen LogP contribution is 2.45. The highest BCUT2D eigenvalue weighted by Gasteiger charge is 2.37. The fraction of sp³-hybridized carbons (Fsp3) is 0.526. The highest BCUT2D eigenvalue weighted by molar-refractivity contribution is 5.51. The minimum atomic E-state index is 0.226. The van der Waals surface area contributed by atoms with Gasteiger partial charge in [0.2, 0.25) is 0 Å². The fourth-order valence-electron chi connectivity index (χ4n) is 4.01. The standard InChI is InChI=1S/C19H23N7O2/c1-27-16-4-5-20-17(9-16)18-23-19(26(24-18)14-3-2-6-28-10-14)13-7-15(8-13)25-11-21-22-12-25/h4-5,9,11-15H,2-3,6-8,10H2,1H3. The summed E-state index contributed by atoms with van der Waals surface area (Å²) in [7, 11) is 1.65. The van der Waals surface area contributed by atoms with Crippen LogP contribution in [0.1, 0.15) is 49.5 Å². The van der Waals surface area contributed by atoms with E-state index in [0.717, 1.165) is 49.6 Å². The molecule has 3 aromatic heterocycles. The van der Waals surface area contributed by atoms with Gasteiger partial charge >= 0.3 is 0 Å². The van der Waals surface area contributed by atoms with Crippen molar-refractivity contribution in [2.75, 3.05) is 20.3 Å². The molecular weight excluding hydrogens is 358 g/mol. The van der Waals surface area contributed by atoms with Crippen LogP contribution in [0.4, 0.5) is 0 Å². The van der Waals surface area contributed by atoms with Gasteiger partial charge in [0.25, 0.3) is 0 Å². The van der Waals surface area contributed by atoms with Gasteiger partial charge in [-0.2, -0.15) is 0 Å². The van der Waals surface area contributed by atoms with Gasteiger partial charge in [-0.3, -0.25) is 4.98 Å². The van der Waals surface area contributed by atoms with Crippen LogP contribution in [0.2, 0.25) is 0 Å². The predicted molar refractivity (Wildman–Crippen MR) is 99.9 cm³/mol. The summed E-state index contributed by atoms with van der Waals surface area (Å²) in [5.41, 5.74) is 0.728. The molecule has 0 amide bonds. The topological polar surface area (TPSA) is 92.8 Å². The van der Waals surface area contributed by atoms with Crippen molar-refractivity contribution in [2.24, 2.45) is 0 Å². The van der Waals surface area contributed by atoms with Crippen LogP contribution in [0, 0.1) is 0 Å². The molecule has 0 bridgehead atoms. The third-order valence-electron chi connectivity index (χ3n) is 5.67. The molecule has 4 heterocycles. The van der Waals surface area contributed by atoms with Crippen LogP contribution in [0.25, 0.3) is 11.5 Å². The molecule has 5 rings (SSSR count). The summed E-state index contributed by atoms with van der Waals surface area (Å²) in [6, 6.07) is 4.35. The summed E-state index contributed by atoms with van der Waals surface area (Å²) < 4.78 is 15.2. The Morgan fingerprint density at radius 2 is 2.04 bits per heavy atom. The Balaban J connectivity index is 1.45. The quantitative estimate of drug-likeness (QED) is 0.670. The van der Waals surface area contributed by atoms with Gasteiger partial charge in [0.1, 0.15) is 29.9 Å². The van der Waals surface area contributed by atoms with Crippen molar-refractivity contribution in [3.63, 3.8) is 0 Å². The van der Waals surface area contributed by atoms with E-state index in [-0.39, 0.29) is 6.04 Å². The largest absolute Gasteiger partial charge is 0.497 e. The van der Waals surface area contributed by atoms with Crippen molar-refractivity contribution in [3.8, 4) is 17.3 Å². The minimum absolute atomic E-state index is 0.226. The van der Waals surface area contributed by atoms with Crippen molar-refractivity contribution in [1.82, 2.24) is 34.5 Å². The third-order valence-corrected chi connectivity index (χ3v) is 5.67. The molecule has 28 heavy (non-hydrogen) atoms. The molecule has 1 aliphatic heterocycles. The number of pyridine rings is 1. The van der Waals surface area contributed by atoms with E-state index in [4.69, 9.17) is 19.6 Å². The molecule has 9 nitrogen and oxygen atoms in total. The van der Waals surface area contributed by atoms with Gasteiger partial charge in [0.05, 0.1) is 19.8 Å². The molecular formula is C19H23N7O2. The summed E-state index contributed by atoms with van der Waals surface area (Å²) in [5.74, 6) is 2.79. The van der Waals surface area contributed by atoms with Gasteiger partial charge < -0.3 is 14.0 Å². The smallest absolute Gasteiger partial charge is 0.200 e. The first-order valence-electron chi connectivity index (χ1n) is 9.70. The van der Waals surface area contributed by atoms with E-state index in [1.54, 1.807) is 26.0 Å². The Bertz CT molecular complexity index is 928. The second-order valence-corrected chi connectivity index (χ2v) is 7.42. The maximum Gasteiger partial charge on any atom is 0.200 e. The van der Waals surface area contributed by atoms with E-state index < -0.39 is 0 Å². The number of ether oxygens (including phenoxy) is 2. The normalized spacial score (nSPS) is 24.7. The van der Waals surface area contributed by atoms with E-state index in [2.05, 4.69) is 24.4 Å². The van der Waals surface area contributed by atoms with Crippen molar-refractivity contribution < 1.29 is 9.47 Å². The zero-order valence-electron chi connectivity index (χ0n) is 15.8. The Hall–Kier alpha value is -2.81. The number of rotatable bonds is 5. The van der Waals surface area contributed by atoms with E-state index >= 15 is 0 Å². The number of nitrogens with zero attached hydrogens (tertiary/aromatic N) is 7. The summed E-state index contributed by atoms with van der Waals surface area (Å²) >= 11 is 0. The van der Waals surface area contributed by atoms with Crippen molar-refractivity contribution in [3.05, 3.63) is 36.8 Å². The first-order valence-corrected chi connectivity index (χ1v) is 9.70. The summed E-state index contributed by atoms with van der Waals surface area (Å²) in [6.45, 7) is 1.51. The zero-order chi connectivity index (χ0) is 18.9. The van der Waals surface area contributed by atoms with Crippen LogP contribution in [0.5, 0.6) is 5.75 Å². The molecule has 1 unspecified atom stereocenters. The van der Waals surface area contributed by atoms with Crippen molar-refractivity contribution in [1.29, 1.82) is 0 Å². The van der Waals surface area contributed by atoms with Crippen LogP contribution >= 0.6 is 0 Å². The molecule has 0 spiro atoms. The Labute approximate surface area is 162 Å². The number of aromatic nitrogens is 7. The summed E-state index contributed by atoms with van der Waals surface area (Å²) in [4.78, 5) is 9.35.